The number of phenols is 1. The molecule has 1 aliphatic heterocycles. The lowest BCUT2D eigenvalue weighted by molar-refractivity contribution is -0.0580. The first kappa shape index (κ1) is 20.5. The molecule has 0 saturated carbocycles. The number of aromatic hydroxyl groups is 1. The van der Waals surface area contributed by atoms with E-state index in [1.165, 1.54) is 13.4 Å². The quantitative estimate of drug-likeness (QED) is 0.457. The van der Waals surface area contributed by atoms with Crippen LogP contribution >= 0.6 is 0 Å². The van der Waals surface area contributed by atoms with E-state index in [2.05, 4.69) is 20.3 Å². The molecule has 3 heterocycles. The molecule has 0 radical (unpaired) electrons. The van der Waals surface area contributed by atoms with Crippen molar-refractivity contribution in [2.24, 2.45) is 0 Å². The summed E-state index contributed by atoms with van der Waals surface area (Å²) in [6.07, 6.45) is -2.25. The van der Waals surface area contributed by atoms with Crippen LogP contribution in [0, 0.1) is 20.8 Å². The van der Waals surface area contributed by atoms with Crippen molar-refractivity contribution < 1.29 is 24.8 Å². The Labute approximate surface area is 173 Å². The summed E-state index contributed by atoms with van der Waals surface area (Å²) in [6, 6.07) is 3.64. The first-order chi connectivity index (χ1) is 14.3. The minimum atomic E-state index is -1.16. The van der Waals surface area contributed by atoms with Crippen molar-refractivity contribution in [2.75, 3.05) is 19.0 Å². The standard InChI is InChI=1S/C20H25N5O5/c1-9-5-12(6-10(2)15(9)26)24-18-14-19(23-11(3)22-18)25(8-21-14)20-17(28)16(27)13(30-20)7-29-4/h5-6,8,13,16-17,20,26-28H,7H2,1-4H3,(H,22,23,24)/t13-,16-,17-,20-/m1/s1. The molecule has 30 heavy (non-hydrogen) atoms. The van der Waals surface area contributed by atoms with Crippen molar-refractivity contribution in [3.8, 4) is 5.75 Å². The molecular weight excluding hydrogens is 390 g/mol. The number of aliphatic hydroxyl groups excluding tert-OH is 2. The van der Waals surface area contributed by atoms with Crippen molar-refractivity contribution in [3.63, 3.8) is 0 Å². The molecule has 160 valence electrons. The number of hydrogen-bond acceptors (Lipinski definition) is 9. The zero-order valence-electron chi connectivity index (χ0n) is 17.2. The number of aryl methyl sites for hydroxylation is 3. The summed E-state index contributed by atoms with van der Waals surface area (Å²) in [5, 5.41) is 34.0. The molecule has 0 spiro atoms. The van der Waals surface area contributed by atoms with E-state index in [4.69, 9.17) is 9.47 Å². The Morgan fingerprint density at radius 1 is 1.13 bits per heavy atom. The summed E-state index contributed by atoms with van der Waals surface area (Å²) in [5.41, 5.74) is 3.19. The minimum Gasteiger partial charge on any atom is -0.507 e. The third kappa shape index (κ3) is 3.47. The lowest BCUT2D eigenvalue weighted by atomic mass is 10.1. The fourth-order valence-corrected chi connectivity index (χ4v) is 3.72. The number of aromatic nitrogens is 4. The van der Waals surface area contributed by atoms with E-state index in [1.54, 1.807) is 11.5 Å². The van der Waals surface area contributed by atoms with E-state index in [1.807, 2.05) is 26.0 Å². The Kier molecular flexibility index (Phi) is 5.33. The van der Waals surface area contributed by atoms with Crippen LogP contribution in [0.3, 0.4) is 0 Å². The van der Waals surface area contributed by atoms with Gasteiger partial charge in [-0.1, -0.05) is 0 Å². The molecule has 0 unspecified atom stereocenters. The monoisotopic (exact) mass is 415 g/mol. The van der Waals surface area contributed by atoms with Crippen LogP contribution in [0.5, 0.6) is 5.75 Å². The maximum atomic E-state index is 10.5. The predicted molar refractivity (Wildman–Crippen MR) is 109 cm³/mol. The molecule has 3 aromatic rings. The van der Waals surface area contributed by atoms with Crippen molar-refractivity contribution in [1.82, 2.24) is 19.5 Å². The molecule has 1 fully saturated rings. The zero-order valence-corrected chi connectivity index (χ0v) is 17.2. The van der Waals surface area contributed by atoms with Gasteiger partial charge < -0.3 is 30.1 Å². The highest BCUT2D eigenvalue weighted by Gasteiger charge is 2.44. The molecule has 1 aliphatic rings. The van der Waals surface area contributed by atoms with Gasteiger partial charge in [0.2, 0.25) is 0 Å². The number of rotatable bonds is 5. The Morgan fingerprint density at radius 3 is 2.50 bits per heavy atom. The van der Waals surface area contributed by atoms with E-state index >= 15 is 0 Å². The van der Waals surface area contributed by atoms with Crippen LogP contribution < -0.4 is 5.32 Å². The molecule has 1 saturated heterocycles. The molecule has 2 aromatic heterocycles. The Hall–Kier alpha value is -2.79. The maximum Gasteiger partial charge on any atom is 0.167 e. The largest absolute Gasteiger partial charge is 0.507 e. The SMILES string of the molecule is COC[C@H]1O[C@@H](n2cnc3c(Nc4cc(C)c(O)c(C)c4)nc(C)nc32)[C@H](O)[C@@H]1O. The maximum absolute atomic E-state index is 10.5. The number of hydrogen-bond donors (Lipinski definition) is 4. The number of anilines is 2. The van der Waals surface area contributed by atoms with Gasteiger partial charge in [-0.3, -0.25) is 4.57 Å². The van der Waals surface area contributed by atoms with Gasteiger partial charge in [-0.2, -0.15) is 0 Å². The lowest BCUT2D eigenvalue weighted by Crippen LogP contribution is -2.33. The van der Waals surface area contributed by atoms with Crippen LogP contribution in [0.15, 0.2) is 18.5 Å². The fraction of sp³-hybridized carbons (Fsp3) is 0.450. The highest BCUT2D eigenvalue weighted by molar-refractivity contribution is 5.85. The number of phenolic OH excluding ortho intramolecular Hbond substituents is 1. The van der Waals surface area contributed by atoms with Gasteiger partial charge >= 0.3 is 0 Å². The average Bonchev–Trinajstić information content (AvgIpc) is 3.22. The second-order valence-electron chi connectivity index (χ2n) is 7.53. The topological polar surface area (TPSA) is 135 Å². The highest BCUT2D eigenvalue weighted by atomic mass is 16.6. The number of nitrogens with one attached hydrogen (secondary N) is 1. The number of benzene rings is 1. The van der Waals surface area contributed by atoms with E-state index in [-0.39, 0.29) is 12.4 Å². The molecule has 1 aromatic carbocycles. The normalized spacial score (nSPS) is 23.9. The molecule has 4 N–H and O–H groups in total. The molecule has 0 amide bonds. The number of aliphatic hydroxyl groups is 2. The second-order valence-corrected chi connectivity index (χ2v) is 7.53. The molecule has 0 bridgehead atoms. The summed E-state index contributed by atoms with van der Waals surface area (Å²) in [5.74, 6) is 1.24. The third-order valence-corrected chi connectivity index (χ3v) is 5.23. The van der Waals surface area contributed by atoms with Crippen molar-refractivity contribution >= 4 is 22.7 Å². The Morgan fingerprint density at radius 2 is 1.83 bits per heavy atom. The summed E-state index contributed by atoms with van der Waals surface area (Å²) < 4.78 is 12.5. The lowest BCUT2D eigenvalue weighted by Gasteiger charge is -2.17. The zero-order chi connectivity index (χ0) is 21.6. The van der Waals surface area contributed by atoms with E-state index < -0.39 is 24.5 Å². The molecule has 4 atom stereocenters. The van der Waals surface area contributed by atoms with Gasteiger partial charge in [0.25, 0.3) is 0 Å². The first-order valence-electron chi connectivity index (χ1n) is 9.59. The van der Waals surface area contributed by atoms with Crippen LogP contribution in [0.25, 0.3) is 11.2 Å². The molecule has 10 nitrogen and oxygen atoms in total. The van der Waals surface area contributed by atoms with Gasteiger partial charge in [-0.25, -0.2) is 15.0 Å². The number of fused-ring (bicyclic) bond motifs is 1. The minimum absolute atomic E-state index is 0.154. The number of nitrogens with zero attached hydrogens (tertiary/aromatic N) is 4. The van der Waals surface area contributed by atoms with E-state index in [9.17, 15) is 15.3 Å². The van der Waals surface area contributed by atoms with E-state index in [0.717, 1.165) is 16.8 Å². The summed E-state index contributed by atoms with van der Waals surface area (Å²) in [6.45, 7) is 5.55. The second kappa shape index (κ2) is 7.80. The van der Waals surface area contributed by atoms with Gasteiger partial charge in [0, 0.05) is 12.8 Å². The van der Waals surface area contributed by atoms with Gasteiger partial charge in [0.1, 0.15) is 29.9 Å². The van der Waals surface area contributed by atoms with Crippen LogP contribution in [-0.2, 0) is 9.47 Å². The van der Waals surface area contributed by atoms with Crippen molar-refractivity contribution in [2.45, 2.75) is 45.3 Å². The summed E-state index contributed by atoms with van der Waals surface area (Å²) >= 11 is 0. The van der Waals surface area contributed by atoms with Gasteiger partial charge in [0.15, 0.2) is 23.2 Å². The Bertz CT molecular complexity index is 1060. The van der Waals surface area contributed by atoms with Crippen molar-refractivity contribution in [1.29, 1.82) is 0 Å². The third-order valence-electron chi connectivity index (χ3n) is 5.23. The molecule has 0 aliphatic carbocycles. The highest BCUT2D eigenvalue weighted by Crippen LogP contribution is 2.34. The van der Waals surface area contributed by atoms with Crippen LogP contribution in [-0.4, -0.2) is 66.9 Å². The van der Waals surface area contributed by atoms with Gasteiger partial charge in [-0.15, -0.1) is 0 Å². The molecular formula is C20H25N5O5. The van der Waals surface area contributed by atoms with Gasteiger partial charge in [-0.05, 0) is 44.0 Å². The summed E-state index contributed by atoms with van der Waals surface area (Å²) in [7, 11) is 1.50. The summed E-state index contributed by atoms with van der Waals surface area (Å²) in [4.78, 5) is 13.3. The van der Waals surface area contributed by atoms with E-state index in [0.29, 0.717) is 22.8 Å². The fourth-order valence-electron chi connectivity index (χ4n) is 3.72. The number of imidazole rings is 1. The van der Waals surface area contributed by atoms with Gasteiger partial charge in [0.05, 0.1) is 12.9 Å². The van der Waals surface area contributed by atoms with Crippen molar-refractivity contribution in [3.05, 3.63) is 35.4 Å². The number of ether oxygens (including phenoxy) is 2. The first-order valence-corrected chi connectivity index (χ1v) is 9.59. The van der Waals surface area contributed by atoms with Crippen LogP contribution in [0.1, 0.15) is 23.2 Å². The average molecular weight is 415 g/mol. The number of methoxy groups -OCH3 is 1. The van der Waals surface area contributed by atoms with Crippen LogP contribution in [0.4, 0.5) is 11.5 Å². The molecule has 10 heteroatoms. The van der Waals surface area contributed by atoms with Crippen LogP contribution in [0.2, 0.25) is 0 Å². The smallest absolute Gasteiger partial charge is 0.167 e. The predicted octanol–water partition coefficient (Wildman–Crippen LogP) is 1.47. The molecule has 4 rings (SSSR count). The Balaban J connectivity index is 1.72.